The monoisotopic (exact) mass is 476 g/mol. The number of aromatic nitrogens is 1. The van der Waals surface area contributed by atoms with Crippen molar-refractivity contribution in [1.29, 1.82) is 0 Å². The van der Waals surface area contributed by atoms with Gasteiger partial charge in [-0.25, -0.2) is 4.79 Å². The first-order valence-electron chi connectivity index (χ1n) is 11.5. The molecule has 6 nitrogen and oxygen atoms in total. The van der Waals surface area contributed by atoms with Crippen LogP contribution in [0.25, 0.3) is 27.9 Å². The van der Waals surface area contributed by atoms with E-state index in [0.29, 0.717) is 22.6 Å². The Morgan fingerprint density at radius 1 is 0.833 bits per heavy atom. The highest BCUT2D eigenvalue weighted by Gasteiger charge is 2.13. The van der Waals surface area contributed by atoms with Crippen LogP contribution in [-0.2, 0) is 9.53 Å². The molecule has 0 bridgehead atoms. The number of carbonyl (C=O) groups is 2. The predicted octanol–water partition coefficient (Wildman–Crippen LogP) is 6.21. The molecule has 0 saturated carbocycles. The van der Waals surface area contributed by atoms with Gasteiger partial charge in [0, 0.05) is 28.0 Å². The Morgan fingerprint density at radius 2 is 1.56 bits per heavy atom. The molecule has 0 atom stereocenters. The third-order valence-corrected chi connectivity index (χ3v) is 5.87. The van der Waals surface area contributed by atoms with Gasteiger partial charge in [0.15, 0.2) is 0 Å². The SMILES string of the molecule is COC(=O)c1ccc(C=C(COc2ccc3c(c2)[nH]c2ccccc23)C(=O)Nc2ccccc2)cc1. The van der Waals surface area contributed by atoms with Crippen LogP contribution in [0.3, 0.4) is 0 Å². The third kappa shape index (κ3) is 4.98. The molecule has 0 spiro atoms. The van der Waals surface area contributed by atoms with Gasteiger partial charge in [0.25, 0.3) is 5.91 Å². The van der Waals surface area contributed by atoms with Gasteiger partial charge in [-0.15, -0.1) is 0 Å². The fourth-order valence-electron chi connectivity index (χ4n) is 4.02. The van der Waals surface area contributed by atoms with Gasteiger partial charge in [0.05, 0.1) is 23.8 Å². The predicted molar refractivity (Wildman–Crippen MR) is 142 cm³/mol. The smallest absolute Gasteiger partial charge is 0.337 e. The molecule has 0 saturated heterocycles. The van der Waals surface area contributed by atoms with E-state index in [2.05, 4.69) is 16.4 Å². The summed E-state index contributed by atoms with van der Waals surface area (Å²) in [5.41, 5.74) is 4.34. The van der Waals surface area contributed by atoms with E-state index in [1.54, 1.807) is 30.3 Å². The van der Waals surface area contributed by atoms with Gasteiger partial charge in [-0.1, -0.05) is 48.5 Å². The second kappa shape index (κ2) is 10.2. The number of H-pyrrole nitrogens is 1. The van der Waals surface area contributed by atoms with Gasteiger partial charge in [0.1, 0.15) is 12.4 Å². The van der Waals surface area contributed by atoms with Crippen molar-refractivity contribution in [2.75, 3.05) is 19.0 Å². The lowest BCUT2D eigenvalue weighted by Gasteiger charge is -2.12. The number of aromatic amines is 1. The number of nitrogens with one attached hydrogen (secondary N) is 2. The molecule has 4 aromatic carbocycles. The lowest BCUT2D eigenvalue weighted by atomic mass is 10.1. The largest absolute Gasteiger partial charge is 0.489 e. The zero-order valence-corrected chi connectivity index (χ0v) is 19.7. The van der Waals surface area contributed by atoms with Gasteiger partial charge >= 0.3 is 5.97 Å². The van der Waals surface area contributed by atoms with Crippen molar-refractivity contribution >= 4 is 45.4 Å². The number of ether oxygens (including phenoxy) is 2. The van der Waals surface area contributed by atoms with Crippen LogP contribution in [0.2, 0.25) is 0 Å². The molecule has 0 radical (unpaired) electrons. The minimum Gasteiger partial charge on any atom is -0.489 e. The number of benzene rings is 4. The molecule has 1 aromatic heterocycles. The molecule has 2 N–H and O–H groups in total. The van der Waals surface area contributed by atoms with Crippen LogP contribution in [0.15, 0.2) is 103 Å². The molecule has 36 heavy (non-hydrogen) atoms. The molecule has 1 amide bonds. The number of hydrogen-bond donors (Lipinski definition) is 2. The van der Waals surface area contributed by atoms with E-state index < -0.39 is 5.97 Å². The van der Waals surface area contributed by atoms with Gasteiger partial charge in [-0.05, 0) is 54.1 Å². The van der Waals surface area contributed by atoms with Crippen molar-refractivity contribution in [2.24, 2.45) is 0 Å². The van der Waals surface area contributed by atoms with E-state index in [0.717, 1.165) is 27.4 Å². The molecular weight excluding hydrogens is 452 g/mol. The number of hydrogen-bond acceptors (Lipinski definition) is 4. The standard InChI is InChI=1S/C30H24N2O4/c1-35-30(34)21-13-11-20(12-14-21)17-22(29(33)31-23-7-3-2-4-8-23)19-36-24-15-16-26-25-9-5-6-10-27(25)32-28(26)18-24/h2-18,32H,19H2,1H3,(H,31,33). The van der Waals surface area contributed by atoms with E-state index in [4.69, 9.17) is 9.47 Å². The van der Waals surface area contributed by atoms with Crippen LogP contribution < -0.4 is 10.1 Å². The number of fused-ring (bicyclic) bond motifs is 3. The number of anilines is 1. The molecule has 178 valence electrons. The molecule has 0 aliphatic rings. The molecule has 0 unspecified atom stereocenters. The first kappa shape index (κ1) is 22.9. The maximum absolute atomic E-state index is 13.1. The molecule has 0 fully saturated rings. The first-order chi connectivity index (χ1) is 17.6. The first-order valence-corrected chi connectivity index (χ1v) is 11.5. The van der Waals surface area contributed by atoms with Gasteiger partial charge in [0.2, 0.25) is 0 Å². The van der Waals surface area contributed by atoms with Gasteiger partial charge in [-0.2, -0.15) is 0 Å². The Hall–Kier alpha value is -4.84. The summed E-state index contributed by atoms with van der Waals surface area (Å²) in [6.45, 7) is 0.0587. The summed E-state index contributed by atoms with van der Waals surface area (Å²) in [5, 5.41) is 5.18. The zero-order valence-electron chi connectivity index (χ0n) is 19.7. The molecule has 5 rings (SSSR count). The Morgan fingerprint density at radius 3 is 2.33 bits per heavy atom. The normalized spacial score (nSPS) is 11.4. The van der Waals surface area contributed by atoms with E-state index in [1.807, 2.05) is 66.7 Å². The maximum Gasteiger partial charge on any atom is 0.337 e. The van der Waals surface area contributed by atoms with E-state index in [1.165, 1.54) is 7.11 Å². The van der Waals surface area contributed by atoms with Crippen molar-refractivity contribution in [3.05, 3.63) is 114 Å². The van der Waals surface area contributed by atoms with Crippen LogP contribution >= 0.6 is 0 Å². The summed E-state index contributed by atoms with van der Waals surface area (Å²) >= 11 is 0. The van der Waals surface area contributed by atoms with Crippen LogP contribution in [0.1, 0.15) is 15.9 Å². The highest BCUT2D eigenvalue weighted by molar-refractivity contribution is 6.08. The summed E-state index contributed by atoms with van der Waals surface area (Å²) in [7, 11) is 1.34. The van der Waals surface area contributed by atoms with Crippen LogP contribution in [0, 0.1) is 0 Å². The lowest BCUT2D eigenvalue weighted by molar-refractivity contribution is -0.113. The Kier molecular flexibility index (Phi) is 6.49. The summed E-state index contributed by atoms with van der Waals surface area (Å²) < 4.78 is 10.8. The number of carbonyl (C=O) groups excluding carboxylic acids is 2. The van der Waals surface area contributed by atoms with Crippen molar-refractivity contribution in [1.82, 2.24) is 4.98 Å². The second-order valence-electron chi connectivity index (χ2n) is 8.27. The van der Waals surface area contributed by atoms with Crippen LogP contribution in [0.5, 0.6) is 5.75 Å². The van der Waals surface area contributed by atoms with E-state index in [9.17, 15) is 9.59 Å². The summed E-state index contributed by atoms with van der Waals surface area (Å²) in [4.78, 5) is 28.3. The number of methoxy groups -OCH3 is 1. The Bertz CT molecular complexity index is 1570. The second-order valence-corrected chi connectivity index (χ2v) is 8.27. The lowest BCUT2D eigenvalue weighted by Crippen LogP contribution is -2.19. The molecule has 0 aliphatic carbocycles. The zero-order chi connectivity index (χ0) is 24.9. The van der Waals surface area contributed by atoms with Crippen LogP contribution in [0.4, 0.5) is 5.69 Å². The van der Waals surface area contributed by atoms with Gasteiger partial charge < -0.3 is 19.8 Å². The molecule has 0 aliphatic heterocycles. The van der Waals surface area contributed by atoms with Crippen molar-refractivity contribution in [3.63, 3.8) is 0 Å². The van der Waals surface area contributed by atoms with Crippen molar-refractivity contribution in [2.45, 2.75) is 0 Å². The highest BCUT2D eigenvalue weighted by Crippen LogP contribution is 2.28. The maximum atomic E-state index is 13.1. The third-order valence-electron chi connectivity index (χ3n) is 5.87. The minimum atomic E-state index is -0.414. The van der Waals surface area contributed by atoms with Crippen molar-refractivity contribution < 1.29 is 19.1 Å². The Balaban J connectivity index is 1.40. The number of rotatable bonds is 7. The fraction of sp³-hybridized carbons (Fsp3) is 0.0667. The fourth-order valence-corrected chi connectivity index (χ4v) is 4.02. The Labute approximate surface area is 208 Å². The highest BCUT2D eigenvalue weighted by atomic mass is 16.5. The minimum absolute atomic E-state index is 0.0587. The molecule has 1 heterocycles. The topological polar surface area (TPSA) is 80.4 Å². The summed E-state index contributed by atoms with van der Waals surface area (Å²) in [6, 6.07) is 30.1. The average Bonchev–Trinajstić information content (AvgIpc) is 3.29. The summed E-state index contributed by atoms with van der Waals surface area (Å²) in [6.07, 6.45) is 1.75. The molecule has 6 heteroatoms. The van der Waals surface area contributed by atoms with E-state index in [-0.39, 0.29) is 12.5 Å². The average molecular weight is 477 g/mol. The number of para-hydroxylation sites is 2. The number of esters is 1. The molecular formula is C30H24N2O4. The quantitative estimate of drug-likeness (QED) is 0.216. The van der Waals surface area contributed by atoms with Crippen molar-refractivity contribution in [3.8, 4) is 5.75 Å². The number of amides is 1. The van der Waals surface area contributed by atoms with E-state index >= 15 is 0 Å². The van der Waals surface area contributed by atoms with Crippen LogP contribution in [-0.4, -0.2) is 30.6 Å². The summed E-state index contributed by atoms with van der Waals surface area (Å²) in [5.74, 6) is -0.0401. The molecule has 5 aromatic rings. The van der Waals surface area contributed by atoms with Gasteiger partial charge in [-0.3, -0.25) is 4.79 Å².